The van der Waals surface area contributed by atoms with Crippen molar-refractivity contribution in [1.82, 2.24) is 15.1 Å². The molecule has 1 amide bonds. The number of nitrogens with one attached hydrogen (secondary N) is 2. The van der Waals surface area contributed by atoms with Gasteiger partial charge in [-0.25, -0.2) is 4.68 Å². The fraction of sp³-hybridized carbons (Fsp3) is 0.600. The van der Waals surface area contributed by atoms with Gasteiger partial charge in [-0.3, -0.25) is 4.79 Å². The molecule has 0 aliphatic carbocycles. The van der Waals surface area contributed by atoms with Gasteiger partial charge in [0.1, 0.15) is 11.4 Å². The Kier molecular flexibility index (Phi) is 2.62. The quantitative estimate of drug-likeness (QED) is 0.757. The van der Waals surface area contributed by atoms with Crippen LogP contribution in [0.25, 0.3) is 0 Å². The molecule has 0 spiro atoms. The van der Waals surface area contributed by atoms with E-state index >= 15 is 0 Å². The van der Waals surface area contributed by atoms with Crippen LogP contribution >= 0.6 is 0 Å². The SMILES string of the molecule is CC(C)NC(=O)c1cnn2c1NCCC2. The highest BCUT2D eigenvalue weighted by Gasteiger charge is 2.19. The first-order valence-corrected chi connectivity index (χ1v) is 5.29. The van der Waals surface area contributed by atoms with E-state index in [1.54, 1.807) is 6.20 Å². The molecular formula is C10H16N4O. The van der Waals surface area contributed by atoms with E-state index in [1.165, 1.54) is 0 Å². The highest BCUT2D eigenvalue weighted by atomic mass is 16.1. The summed E-state index contributed by atoms with van der Waals surface area (Å²) in [4.78, 5) is 11.8. The summed E-state index contributed by atoms with van der Waals surface area (Å²) >= 11 is 0. The minimum atomic E-state index is -0.0550. The number of anilines is 1. The van der Waals surface area contributed by atoms with Gasteiger partial charge in [-0.15, -0.1) is 0 Å². The van der Waals surface area contributed by atoms with Crippen LogP contribution in [0.2, 0.25) is 0 Å². The summed E-state index contributed by atoms with van der Waals surface area (Å²) in [6.07, 6.45) is 2.69. The maximum absolute atomic E-state index is 11.8. The Hall–Kier alpha value is -1.52. The predicted octanol–water partition coefficient (Wildman–Crippen LogP) is 0.837. The third-order valence-electron chi connectivity index (χ3n) is 2.34. The number of amides is 1. The Morgan fingerprint density at radius 3 is 3.20 bits per heavy atom. The fourth-order valence-electron chi connectivity index (χ4n) is 1.68. The molecule has 0 saturated carbocycles. The van der Waals surface area contributed by atoms with Gasteiger partial charge in [0.15, 0.2) is 0 Å². The van der Waals surface area contributed by atoms with Crippen LogP contribution < -0.4 is 10.6 Å². The standard InChI is InChI=1S/C10H16N4O/c1-7(2)13-10(15)8-6-12-14-5-3-4-11-9(8)14/h6-7,11H,3-5H2,1-2H3,(H,13,15). The average Bonchev–Trinajstić information content (AvgIpc) is 2.59. The third kappa shape index (κ3) is 1.95. The Bertz CT molecular complexity index is 369. The summed E-state index contributed by atoms with van der Waals surface area (Å²) in [7, 11) is 0. The lowest BCUT2D eigenvalue weighted by atomic mass is 10.2. The van der Waals surface area contributed by atoms with Crippen molar-refractivity contribution in [3.05, 3.63) is 11.8 Å². The molecule has 0 saturated heterocycles. The van der Waals surface area contributed by atoms with Crippen molar-refractivity contribution in [3.63, 3.8) is 0 Å². The van der Waals surface area contributed by atoms with Crippen LogP contribution in [0.3, 0.4) is 0 Å². The monoisotopic (exact) mass is 208 g/mol. The molecule has 5 nitrogen and oxygen atoms in total. The van der Waals surface area contributed by atoms with Crippen molar-refractivity contribution in [1.29, 1.82) is 0 Å². The molecule has 0 atom stereocenters. The first-order chi connectivity index (χ1) is 7.18. The van der Waals surface area contributed by atoms with Crippen LogP contribution in [0, 0.1) is 0 Å². The first-order valence-electron chi connectivity index (χ1n) is 5.29. The van der Waals surface area contributed by atoms with Crippen LogP contribution in [0.1, 0.15) is 30.6 Å². The van der Waals surface area contributed by atoms with Crippen LogP contribution in [0.4, 0.5) is 5.82 Å². The number of hydrogen-bond acceptors (Lipinski definition) is 3. The molecule has 82 valence electrons. The minimum Gasteiger partial charge on any atom is -0.370 e. The molecule has 0 radical (unpaired) electrons. The summed E-state index contributed by atoms with van der Waals surface area (Å²) < 4.78 is 1.85. The number of rotatable bonds is 2. The van der Waals surface area contributed by atoms with Gasteiger partial charge < -0.3 is 10.6 Å². The highest BCUT2D eigenvalue weighted by Crippen LogP contribution is 2.18. The second kappa shape index (κ2) is 3.92. The maximum atomic E-state index is 11.8. The molecule has 0 fully saturated rings. The van der Waals surface area contributed by atoms with Gasteiger partial charge in [0, 0.05) is 19.1 Å². The van der Waals surface area contributed by atoms with E-state index in [1.807, 2.05) is 18.5 Å². The summed E-state index contributed by atoms with van der Waals surface area (Å²) in [6, 6.07) is 0.150. The molecule has 5 heteroatoms. The van der Waals surface area contributed by atoms with Crippen LogP contribution in [0.5, 0.6) is 0 Å². The second-order valence-electron chi connectivity index (χ2n) is 4.04. The zero-order valence-corrected chi connectivity index (χ0v) is 9.08. The van der Waals surface area contributed by atoms with Crippen molar-refractivity contribution in [2.45, 2.75) is 32.9 Å². The van der Waals surface area contributed by atoms with Crippen molar-refractivity contribution >= 4 is 11.7 Å². The average molecular weight is 208 g/mol. The zero-order valence-electron chi connectivity index (χ0n) is 9.08. The Balaban J connectivity index is 2.21. The summed E-state index contributed by atoms with van der Waals surface area (Å²) in [5, 5.41) is 10.2. The van der Waals surface area contributed by atoms with Crippen LogP contribution in [0.15, 0.2) is 6.20 Å². The molecular weight excluding hydrogens is 192 g/mol. The number of carbonyl (C=O) groups excluding carboxylic acids is 1. The Morgan fingerprint density at radius 2 is 2.47 bits per heavy atom. The molecule has 2 rings (SSSR count). The van der Waals surface area contributed by atoms with Crippen molar-refractivity contribution in [2.24, 2.45) is 0 Å². The molecule has 2 N–H and O–H groups in total. The van der Waals surface area contributed by atoms with Gasteiger partial charge in [0.2, 0.25) is 0 Å². The van der Waals surface area contributed by atoms with Crippen molar-refractivity contribution in [2.75, 3.05) is 11.9 Å². The topological polar surface area (TPSA) is 59.0 Å². The van der Waals surface area contributed by atoms with Gasteiger partial charge in [-0.2, -0.15) is 5.10 Å². The second-order valence-corrected chi connectivity index (χ2v) is 4.04. The smallest absolute Gasteiger partial charge is 0.256 e. The lowest BCUT2D eigenvalue weighted by Gasteiger charge is -2.17. The summed E-state index contributed by atoms with van der Waals surface area (Å²) in [5.41, 5.74) is 0.642. The molecule has 15 heavy (non-hydrogen) atoms. The number of hydrogen-bond donors (Lipinski definition) is 2. The highest BCUT2D eigenvalue weighted by molar-refractivity contribution is 5.98. The van der Waals surface area contributed by atoms with E-state index in [0.717, 1.165) is 25.3 Å². The van der Waals surface area contributed by atoms with Crippen LogP contribution in [-0.2, 0) is 6.54 Å². The van der Waals surface area contributed by atoms with Crippen molar-refractivity contribution in [3.8, 4) is 0 Å². The van der Waals surface area contributed by atoms with E-state index in [0.29, 0.717) is 5.56 Å². The molecule has 2 heterocycles. The largest absolute Gasteiger partial charge is 0.370 e. The Labute approximate surface area is 88.8 Å². The van der Waals surface area contributed by atoms with E-state index in [4.69, 9.17) is 0 Å². The van der Waals surface area contributed by atoms with E-state index in [2.05, 4.69) is 15.7 Å². The molecule has 1 aromatic rings. The summed E-state index contributed by atoms with van der Waals surface area (Å²) in [5.74, 6) is 0.792. The maximum Gasteiger partial charge on any atom is 0.256 e. The molecule has 1 aliphatic heterocycles. The summed E-state index contributed by atoms with van der Waals surface area (Å²) in [6.45, 7) is 5.69. The predicted molar refractivity (Wildman–Crippen MR) is 57.9 cm³/mol. The van der Waals surface area contributed by atoms with Gasteiger partial charge >= 0.3 is 0 Å². The number of aryl methyl sites for hydroxylation is 1. The van der Waals surface area contributed by atoms with Crippen molar-refractivity contribution < 1.29 is 4.79 Å². The molecule has 0 unspecified atom stereocenters. The first kappa shape index (κ1) is 10.0. The molecule has 1 aliphatic rings. The van der Waals surface area contributed by atoms with Gasteiger partial charge in [0.25, 0.3) is 5.91 Å². The van der Waals surface area contributed by atoms with Crippen LogP contribution in [-0.4, -0.2) is 28.3 Å². The molecule has 1 aromatic heterocycles. The number of aromatic nitrogens is 2. The molecule has 0 bridgehead atoms. The number of carbonyl (C=O) groups is 1. The number of fused-ring (bicyclic) bond motifs is 1. The van der Waals surface area contributed by atoms with Gasteiger partial charge in [0.05, 0.1) is 6.20 Å². The van der Waals surface area contributed by atoms with E-state index < -0.39 is 0 Å². The zero-order chi connectivity index (χ0) is 10.8. The lowest BCUT2D eigenvalue weighted by Crippen LogP contribution is -2.31. The Morgan fingerprint density at radius 1 is 1.67 bits per heavy atom. The fourth-order valence-corrected chi connectivity index (χ4v) is 1.68. The van der Waals surface area contributed by atoms with E-state index in [9.17, 15) is 4.79 Å². The minimum absolute atomic E-state index is 0.0550. The molecule has 0 aromatic carbocycles. The number of nitrogens with zero attached hydrogens (tertiary/aromatic N) is 2. The van der Waals surface area contributed by atoms with Gasteiger partial charge in [-0.05, 0) is 20.3 Å². The normalized spacial score (nSPS) is 14.6. The third-order valence-corrected chi connectivity index (χ3v) is 2.34. The van der Waals surface area contributed by atoms with E-state index in [-0.39, 0.29) is 11.9 Å². The lowest BCUT2D eigenvalue weighted by molar-refractivity contribution is 0.0944. The van der Waals surface area contributed by atoms with Gasteiger partial charge in [-0.1, -0.05) is 0 Å².